The number of nitrogens with one attached hydrogen (secondary N) is 2. The minimum absolute atomic E-state index is 0.146. The molecule has 0 spiro atoms. The number of carbonyl (C=O) groups excluding carboxylic acids is 2. The predicted molar refractivity (Wildman–Crippen MR) is 125 cm³/mol. The number of amides is 2. The van der Waals surface area contributed by atoms with E-state index in [-0.39, 0.29) is 6.61 Å². The van der Waals surface area contributed by atoms with Crippen LogP contribution in [0, 0.1) is 0 Å². The second kappa shape index (κ2) is 12.5. The summed E-state index contributed by atoms with van der Waals surface area (Å²) in [4.78, 5) is 23.3. The molecular weight excluding hydrogens is 509 g/mol. The smallest absolute Gasteiger partial charge is 0.329 e. The normalized spacial score (nSPS) is 10.7. The summed E-state index contributed by atoms with van der Waals surface area (Å²) in [7, 11) is 0. The van der Waals surface area contributed by atoms with E-state index >= 15 is 0 Å². The van der Waals surface area contributed by atoms with E-state index in [4.69, 9.17) is 32.7 Å². The van der Waals surface area contributed by atoms with Gasteiger partial charge in [0.1, 0.15) is 6.61 Å². The first-order chi connectivity index (χ1) is 14.9. The highest BCUT2D eigenvalue weighted by atomic mass is 79.9. The predicted octanol–water partition coefficient (Wildman–Crippen LogP) is 4.71. The van der Waals surface area contributed by atoms with E-state index in [1.54, 1.807) is 30.3 Å². The van der Waals surface area contributed by atoms with Gasteiger partial charge in [-0.15, -0.1) is 0 Å². The largest absolute Gasteiger partial charge is 0.490 e. The topological polar surface area (TPSA) is 89.0 Å². The van der Waals surface area contributed by atoms with Crippen LogP contribution in [0.1, 0.15) is 31.4 Å². The molecule has 0 aromatic heterocycles. The first-order valence-corrected chi connectivity index (χ1v) is 11.1. The Hall–Kier alpha value is -2.29. The third kappa shape index (κ3) is 7.41. The van der Waals surface area contributed by atoms with Crippen molar-refractivity contribution < 1.29 is 19.1 Å². The fraction of sp³-hybridized carbons (Fsp3) is 0.286. The summed E-state index contributed by atoms with van der Waals surface area (Å²) in [6, 6.07) is 8.67. The van der Waals surface area contributed by atoms with Crippen molar-refractivity contribution >= 4 is 57.2 Å². The van der Waals surface area contributed by atoms with Crippen LogP contribution in [0.5, 0.6) is 11.5 Å². The Kier molecular flexibility index (Phi) is 10.1. The number of benzene rings is 2. The highest BCUT2D eigenvalue weighted by Crippen LogP contribution is 2.38. The van der Waals surface area contributed by atoms with Crippen molar-refractivity contribution in [1.29, 1.82) is 0 Å². The van der Waals surface area contributed by atoms with Crippen LogP contribution in [-0.4, -0.2) is 31.2 Å². The molecule has 0 aliphatic carbocycles. The molecule has 0 fully saturated rings. The molecule has 2 aromatic rings. The van der Waals surface area contributed by atoms with Crippen LogP contribution in [0.3, 0.4) is 0 Å². The molecule has 2 rings (SSSR count). The van der Waals surface area contributed by atoms with Crippen molar-refractivity contribution in [3.63, 3.8) is 0 Å². The molecule has 10 heteroatoms. The lowest BCUT2D eigenvalue weighted by molar-refractivity contribution is -0.139. The Labute approximate surface area is 199 Å². The molecule has 2 aromatic carbocycles. The van der Waals surface area contributed by atoms with Gasteiger partial charge in [-0.05, 0) is 59.1 Å². The average Bonchev–Trinajstić information content (AvgIpc) is 2.73. The first-order valence-electron chi connectivity index (χ1n) is 9.50. The van der Waals surface area contributed by atoms with Gasteiger partial charge in [0.05, 0.1) is 17.3 Å². The third-order valence-corrected chi connectivity index (χ3v) is 5.17. The van der Waals surface area contributed by atoms with Gasteiger partial charge in [-0.3, -0.25) is 9.59 Å². The molecule has 0 aliphatic heterocycles. The average molecular weight is 531 g/mol. The molecule has 2 amide bonds. The van der Waals surface area contributed by atoms with Crippen molar-refractivity contribution in [2.24, 2.45) is 5.10 Å². The van der Waals surface area contributed by atoms with Crippen LogP contribution in [0.4, 0.5) is 0 Å². The van der Waals surface area contributed by atoms with E-state index in [0.29, 0.717) is 50.3 Å². The Balaban J connectivity index is 2.14. The molecule has 7 nitrogen and oxygen atoms in total. The summed E-state index contributed by atoms with van der Waals surface area (Å²) in [5.41, 5.74) is 3.47. The van der Waals surface area contributed by atoms with E-state index in [2.05, 4.69) is 31.8 Å². The number of hydrazone groups is 1. The van der Waals surface area contributed by atoms with E-state index in [1.165, 1.54) is 6.21 Å². The molecule has 2 N–H and O–H groups in total. The standard InChI is InChI=1S/C21H22BrCl2N3O4/c1-3-8-25-20(28)21(29)27-26-11-13-9-15(22)19(18(10-13)30-4-2)31-12-14-16(23)6-5-7-17(14)24/h5-7,9-11H,3-4,8,12H2,1-2H3,(H,25,28)(H,27,29)/b26-11-. The van der Waals surface area contributed by atoms with Crippen molar-refractivity contribution in [3.05, 3.63) is 56.0 Å². The lowest BCUT2D eigenvalue weighted by Crippen LogP contribution is -2.38. The van der Waals surface area contributed by atoms with Gasteiger partial charge in [0, 0.05) is 22.2 Å². The zero-order chi connectivity index (χ0) is 22.8. The third-order valence-electron chi connectivity index (χ3n) is 3.88. The summed E-state index contributed by atoms with van der Waals surface area (Å²) in [5, 5.41) is 7.30. The van der Waals surface area contributed by atoms with Gasteiger partial charge >= 0.3 is 11.8 Å². The van der Waals surface area contributed by atoms with Crippen LogP contribution in [0.25, 0.3) is 0 Å². The maximum Gasteiger partial charge on any atom is 0.329 e. The van der Waals surface area contributed by atoms with Gasteiger partial charge in [-0.2, -0.15) is 5.10 Å². The quantitative estimate of drug-likeness (QED) is 0.279. The molecule has 0 heterocycles. The second-order valence-corrected chi connectivity index (χ2v) is 7.88. The van der Waals surface area contributed by atoms with Gasteiger partial charge in [0.25, 0.3) is 0 Å². The van der Waals surface area contributed by atoms with Gasteiger partial charge in [-0.1, -0.05) is 36.2 Å². The number of rotatable bonds is 9. The van der Waals surface area contributed by atoms with Crippen LogP contribution in [-0.2, 0) is 16.2 Å². The van der Waals surface area contributed by atoms with Crippen molar-refractivity contribution in [3.8, 4) is 11.5 Å². The van der Waals surface area contributed by atoms with Crippen LogP contribution >= 0.6 is 39.1 Å². The number of hydrogen-bond donors (Lipinski definition) is 2. The molecule has 166 valence electrons. The van der Waals surface area contributed by atoms with Gasteiger partial charge in [0.2, 0.25) is 0 Å². The maximum absolute atomic E-state index is 11.7. The van der Waals surface area contributed by atoms with Gasteiger partial charge in [-0.25, -0.2) is 5.43 Å². The van der Waals surface area contributed by atoms with Crippen molar-refractivity contribution in [2.45, 2.75) is 26.9 Å². The van der Waals surface area contributed by atoms with Crippen LogP contribution in [0.2, 0.25) is 10.0 Å². The summed E-state index contributed by atoms with van der Waals surface area (Å²) < 4.78 is 12.2. The number of halogens is 3. The highest BCUT2D eigenvalue weighted by molar-refractivity contribution is 9.10. The van der Waals surface area contributed by atoms with E-state index in [9.17, 15) is 9.59 Å². The molecular formula is C21H22BrCl2N3O4. The molecule has 31 heavy (non-hydrogen) atoms. The zero-order valence-electron chi connectivity index (χ0n) is 17.0. The Morgan fingerprint density at radius 1 is 1.13 bits per heavy atom. The van der Waals surface area contributed by atoms with E-state index in [1.807, 2.05) is 13.8 Å². The molecule has 0 saturated carbocycles. The summed E-state index contributed by atoms with van der Waals surface area (Å²) >= 11 is 15.9. The number of nitrogens with zero attached hydrogens (tertiary/aromatic N) is 1. The summed E-state index contributed by atoms with van der Waals surface area (Å²) in [5.74, 6) is -0.644. The second-order valence-electron chi connectivity index (χ2n) is 6.21. The number of hydrogen-bond acceptors (Lipinski definition) is 5. The summed E-state index contributed by atoms with van der Waals surface area (Å²) in [6.45, 7) is 4.71. The minimum Gasteiger partial charge on any atom is -0.490 e. The zero-order valence-corrected chi connectivity index (χ0v) is 20.1. The first kappa shape index (κ1) is 25.0. The molecule has 0 bridgehead atoms. The molecule has 0 unspecified atom stereocenters. The highest BCUT2D eigenvalue weighted by Gasteiger charge is 2.15. The van der Waals surface area contributed by atoms with E-state index in [0.717, 1.165) is 6.42 Å². The fourth-order valence-electron chi connectivity index (χ4n) is 2.42. The van der Waals surface area contributed by atoms with Crippen LogP contribution < -0.4 is 20.2 Å². The van der Waals surface area contributed by atoms with Gasteiger partial charge in [0.15, 0.2) is 11.5 Å². The Bertz CT molecular complexity index is 950. The van der Waals surface area contributed by atoms with E-state index < -0.39 is 11.8 Å². The molecule has 0 radical (unpaired) electrons. The maximum atomic E-state index is 11.7. The Morgan fingerprint density at radius 2 is 1.84 bits per heavy atom. The van der Waals surface area contributed by atoms with Crippen molar-refractivity contribution in [1.82, 2.24) is 10.7 Å². The van der Waals surface area contributed by atoms with Crippen molar-refractivity contribution in [2.75, 3.05) is 13.2 Å². The number of carbonyl (C=O) groups is 2. The minimum atomic E-state index is -0.842. The molecule has 0 atom stereocenters. The Morgan fingerprint density at radius 3 is 2.48 bits per heavy atom. The molecule has 0 saturated heterocycles. The van der Waals surface area contributed by atoms with Crippen LogP contribution in [0.15, 0.2) is 39.9 Å². The lowest BCUT2D eigenvalue weighted by Gasteiger charge is -2.15. The molecule has 0 aliphatic rings. The number of ether oxygens (including phenoxy) is 2. The SMILES string of the molecule is CCCNC(=O)C(=O)N/N=C\c1cc(Br)c(OCc2c(Cl)cccc2Cl)c(OCC)c1. The van der Waals surface area contributed by atoms with Gasteiger partial charge < -0.3 is 14.8 Å². The monoisotopic (exact) mass is 529 g/mol. The lowest BCUT2D eigenvalue weighted by atomic mass is 10.2. The summed E-state index contributed by atoms with van der Waals surface area (Å²) in [6.07, 6.45) is 2.13. The fourth-order valence-corrected chi connectivity index (χ4v) is 3.50.